The third kappa shape index (κ3) is 4.09. The summed E-state index contributed by atoms with van der Waals surface area (Å²) in [5.74, 6) is 0.747. The van der Waals surface area contributed by atoms with Crippen molar-refractivity contribution in [3.05, 3.63) is 139 Å². The van der Waals surface area contributed by atoms with Crippen LogP contribution in [0.2, 0.25) is 0 Å². The summed E-state index contributed by atoms with van der Waals surface area (Å²) in [4.78, 5) is 14.6. The van der Waals surface area contributed by atoms with Crippen molar-refractivity contribution in [3.8, 4) is 45.3 Å². The van der Waals surface area contributed by atoms with E-state index in [4.69, 9.17) is 31.7 Å². The summed E-state index contributed by atoms with van der Waals surface area (Å²) in [5, 5.41) is 2.26. The topological polar surface area (TPSA) is 51.8 Å². The molecular formula is C39H23N3OS. The zero-order valence-corrected chi connectivity index (χ0v) is 23.5. The van der Waals surface area contributed by atoms with Crippen molar-refractivity contribution in [1.29, 1.82) is 0 Å². The van der Waals surface area contributed by atoms with Crippen LogP contribution in [0.15, 0.2) is 144 Å². The second kappa shape index (κ2) is 9.97. The highest BCUT2D eigenvalue weighted by Gasteiger charge is 2.17. The molecule has 3 aromatic heterocycles. The lowest BCUT2D eigenvalue weighted by atomic mass is 10.0. The SMILES string of the molecule is [2H]c1c([2H])c([2H])c(-c2c([2H])c([2H])c3oc4c([2H])c([2H])c(-c5nc(-c6ccccc6)nc(-c6cccc7c6sc6ccccc67)n5)cc4c3c2[2H])c([2H])c1[2H]. The number of hydrogen-bond acceptors (Lipinski definition) is 5. The minimum Gasteiger partial charge on any atom is -0.456 e. The molecule has 0 bridgehead atoms. The van der Waals surface area contributed by atoms with Crippen molar-refractivity contribution in [2.45, 2.75) is 0 Å². The normalized spacial score (nSPS) is 14.8. The van der Waals surface area contributed by atoms with Crippen LogP contribution in [-0.4, -0.2) is 15.0 Å². The second-order valence-electron chi connectivity index (χ2n) is 10.1. The maximum absolute atomic E-state index is 9.27. The first-order valence-corrected chi connectivity index (χ1v) is 14.5. The predicted octanol–water partition coefficient (Wildman–Crippen LogP) is 10.8. The average Bonchev–Trinajstić information content (AvgIpc) is 3.78. The maximum Gasteiger partial charge on any atom is 0.165 e. The van der Waals surface area contributed by atoms with Crippen molar-refractivity contribution < 1.29 is 18.1 Å². The molecule has 0 N–H and O–H groups in total. The fraction of sp³-hybridized carbons (Fsp3) is 0. The Morgan fingerprint density at radius 1 is 0.523 bits per heavy atom. The van der Waals surface area contributed by atoms with Crippen LogP contribution in [0.1, 0.15) is 13.7 Å². The Morgan fingerprint density at radius 3 is 2.09 bits per heavy atom. The summed E-state index contributed by atoms with van der Waals surface area (Å²) in [5.41, 5.74) is 0.488. The van der Waals surface area contributed by atoms with Crippen molar-refractivity contribution in [2.24, 2.45) is 0 Å². The molecule has 3 heterocycles. The van der Waals surface area contributed by atoms with Gasteiger partial charge in [-0.2, -0.15) is 0 Å². The number of furan rings is 1. The van der Waals surface area contributed by atoms with Gasteiger partial charge in [0.25, 0.3) is 0 Å². The molecule has 0 aliphatic carbocycles. The van der Waals surface area contributed by atoms with Gasteiger partial charge in [-0.3, -0.25) is 0 Å². The van der Waals surface area contributed by atoms with E-state index >= 15 is 0 Å². The Kier molecular flexibility index (Phi) is 3.82. The molecule has 0 amide bonds. The van der Waals surface area contributed by atoms with Crippen LogP contribution in [-0.2, 0) is 0 Å². The highest BCUT2D eigenvalue weighted by molar-refractivity contribution is 7.26. The van der Waals surface area contributed by atoms with Crippen LogP contribution >= 0.6 is 11.3 Å². The van der Waals surface area contributed by atoms with Gasteiger partial charge in [-0.15, -0.1) is 11.3 Å². The molecule has 44 heavy (non-hydrogen) atoms. The Morgan fingerprint density at radius 2 is 1.23 bits per heavy atom. The number of nitrogens with zero attached hydrogens (tertiary/aromatic N) is 3. The monoisotopic (exact) mass is 591 g/mol. The molecule has 0 aliphatic rings. The van der Waals surface area contributed by atoms with Crippen LogP contribution in [0.4, 0.5) is 0 Å². The molecule has 9 rings (SSSR count). The van der Waals surface area contributed by atoms with E-state index in [9.17, 15) is 1.37 Å². The number of aromatic nitrogens is 3. The Bertz CT molecular complexity index is 3040. The van der Waals surface area contributed by atoms with Gasteiger partial charge in [0.1, 0.15) is 11.2 Å². The third-order valence-corrected chi connectivity index (χ3v) is 8.62. The van der Waals surface area contributed by atoms with Gasteiger partial charge in [-0.25, -0.2) is 15.0 Å². The summed E-state index contributed by atoms with van der Waals surface area (Å²) in [7, 11) is 0. The molecular weight excluding hydrogens is 559 g/mol. The van der Waals surface area contributed by atoms with Gasteiger partial charge in [0.15, 0.2) is 17.5 Å². The molecule has 4 nitrogen and oxygen atoms in total. The number of fused-ring (bicyclic) bond motifs is 6. The van der Waals surface area contributed by atoms with Crippen molar-refractivity contribution in [1.82, 2.24) is 15.0 Å². The first-order chi connectivity index (χ1) is 26.0. The fourth-order valence-electron chi connectivity index (χ4n) is 5.34. The van der Waals surface area contributed by atoms with E-state index in [-0.39, 0.29) is 51.0 Å². The molecule has 0 radical (unpaired) electrons. The minimum atomic E-state index is -0.644. The summed E-state index contributed by atoms with van der Waals surface area (Å²) in [6.45, 7) is 0. The zero-order valence-electron chi connectivity index (χ0n) is 32.7. The highest BCUT2D eigenvalue weighted by Crippen LogP contribution is 2.40. The molecule has 0 saturated heterocycles. The van der Waals surface area contributed by atoms with Crippen LogP contribution in [0.5, 0.6) is 0 Å². The van der Waals surface area contributed by atoms with Crippen LogP contribution in [0.3, 0.4) is 0 Å². The third-order valence-electron chi connectivity index (χ3n) is 7.40. The molecule has 206 valence electrons. The number of benzene rings is 6. The molecule has 9 aromatic rings. The largest absolute Gasteiger partial charge is 0.456 e. The quantitative estimate of drug-likeness (QED) is 0.204. The van der Waals surface area contributed by atoms with Gasteiger partial charge in [0.2, 0.25) is 0 Å². The predicted molar refractivity (Wildman–Crippen MR) is 182 cm³/mol. The summed E-state index contributed by atoms with van der Waals surface area (Å²) < 4.78 is 94.5. The lowest BCUT2D eigenvalue weighted by Crippen LogP contribution is -2.00. The molecule has 0 saturated carbocycles. The van der Waals surface area contributed by atoms with E-state index in [1.54, 1.807) is 11.3 Å². The highest BCUT2D eigenvalue weighted by atomic mass is 32.1. The Hall–Kier alpha value is -5.65. The lowest BCUT2D eigenvalue weighted by molar-refractivity contribution is 0.669. The van der Waals surface area contributed by atoms with Gasteiger partial charge in [0.05, 0.1) is 13.7 Å². The molecule has 0 spiro atoms. The van der Waals surface area contributed by atoms with E-state index < -0.39 is 53.9 Å². The minimum absolute atomic E-state index is 0.0184. The van der Waals surface area contributed by atoms with Crippen LogP contribution in [0.25, 0.3) is 87.4 Å². The van der Waals surface area contributed by atoms with Gasteiger partial charge < -0.3 is 4.42 Å². The van der Waals surface area contributed by atoms with Gasteiger partial charge in [-0.05, 0) is 53.5 Å². The standard InChI is InChI=1S/C39H23N3OS/c1-3-10-24(11-4-1)26-18-20-33-31(22-26)32-23-27(19-21-34(32)43-33)38-40-37(25-12-5-2-6-13-25)41-39(42-38)30-16-9-15-29-28-14-7-8-17-35(28)44-36(29)30/h1-23H/i1D,3D,4D,10D,11D,18D,19D,20D,21D,22D. The average molecular weight is 592 g/mol. The van der Waals surface area contributed by atoms with E-state index in [1.165, 1.54) is 6.07 Å². The molecule has 0 aliphatic heterocycles. The summed E-state index contributed by atoms with van der Waals surface area (Å²) in [6, 6.07) is 19.5. The summed E-state index contributed by atoms with van der Waals surface area (Å²) in [6.07, 6.45) is 0. The van der Waals surface area contributed by atoms with Gasteiger partial charge >= 0.3 is 0 Å². The Labute approximate surface area is 271 Å². The number of hydrogen-bond donors (Lipinski definition) is 0. The smallest absolute Gasteiger partial charge is 0.165 e. The Balaban J connectivity index is 1.34. The molecule has 0 fully saturated rings. The molecule has 0 unspecified atom stereocenters. The number of thiophene rings is 1. The number of rotatable bonds is 4. The second-order valence-corrected chi connectivity index (χ2v) is 11.1. The van der Waals surface area contributed by atoms with Crippen LogP contribution < -0.4 is 0 Å². The van der Waals surface area contributed by atoms with Gasteiger partial charge in [-0.1, -0.05) is 96.9 Å². The first kappa shape index (κ1) is 16.8. The lowest BCUT2D eigenvalue weighted by Gasteiger charge is -2.09. The van der Waals surface area contributed by atoms with E-state index in [0.717, 1.165) is 25.7 Å². The van der Waals surface area contributed by atoms with E-state index in [1.807, 2.05) is 60.7 Å². The van der Waals surface area contributed by atoms with Crippen LogP contribution in [0, 0.1) is 0 Å². The molecule has 5 heteroatoms. The summed E-state index contributed by atoms with van der Waals surface area (Å²) >= 11 is 1.61. The maximum atomic E-state index is 9.27. The van der Waals surface area contributed by atoms with E-state index in [2.05, 4.69) is 12.1 Å². The van der Waals surface area contributed by atoms with Crippen molar-refractivity contribution in [2.75, 3.05) is 0 Å². The molecule has 6 aromatic carbocycles. The fourth-order valence-corrected chi connectivity index (χ4v) is 6.56. The van der Waals surface area contributed by atoms with Crippen molar-refractivity contribution >= 4 is 53.4 Å². The molecule has 0 atom stereocenters. The van der Waals surface area contributed by atoms with Gasteiger partial charge in [0, 0.05) is 47.6 Å². The first-order valence-electron chi connectivity index (χ1n) is 18.7. The zero-order chi connectivity index (χ0) is 37.7. The van der Waals surface area contributed by atoms with E-state index in [0.29, 0.717) is 17.2 Å². The van der Waals surface area contributed by atoms with Crippen molar-refractivity contribution in [3.63, 3.8) is 0 Å².